The van der Waals surface area contributed by atoms with Crippen molar-refractivity contribution in [2.75, 3.05) is 7.11 Å². The molecule has 0 aliphatic heterocycles. The summed E-state index contributed by atoms with van der Waals surface area (Å²) in [5.41, 5.74) is 3.49. The fourth-order valence-corrected chi connectivity index (χ4v) is 1.76. The lowest BCUT2D eigenvalue weighted by molar-refractivity contribution is 0.0955. The summed E-state index contributed by atoms with van der Waals surface area (Å²) in [4.78, 5) is 11.8. The van der Waals surface area contributed by atoms with Crippen LogP contribution in [0.5, 0.6) is 11.5 Å². The van der Waals surface area contributed by atoms with Crippen LogP contribution < -0.4 is 10.2 Å². The first kappa shape index (κ1) is 14.9. The molecule has 0 fully saturated rings. The third-order valence-electron chi connectivity index (χ3n) is 2.69. The smallest absolute Gasteiger partial charge is 0.271 e. The SMILES string of the molecule is COc1cc(O)ccc1/C=N/NC(=O)c1ccc(Cl)cc1. The van der Waals surface area contributed by atoms with Crippen molar-refractivity contribution in [3.8, 4) is 11.5 Å². The molecule has 0 aliphatic rings. The van der Waals surface area contributed by atoms with E-state index in [0.29, 0.717) is 21.9 Å². The highest BCUT2D eigenvalue weighted by Gasteiger charge is 2.04. The van der Waals surface area contributed by atoms with Gasteiger partial charge in [0.2, 0.25) is 0 Å². The van der Waals surface area contributed by atoms with Gasteiger partial charge in [-0.1, -0.05) is 11.6 Å². The molecule has 6 heteroatoms. The number of hydrogen-bond donors (Lipinski definition) is 2. The number of nitrogens with one attached hydrogen (secondary N) is 1. The van der Waals surface area contributed by atoms with Crippen molar-refractivity contribution in [1.29, 1.82) is 0 Å². The van der Waals surface area contributed by atoms with Crippen molar-refractivity contribution in [2.24, 2.45) is 5.10 Å². The van der Waals surface area contributed by atoms with Gasteiger partial charge < -0.3 is 9.84 Å². The lowest BCUT2D eigenvalue weighted by atomic mass is 10.2. The number of carbonyl (C=O) groups excluding carboxylic acids is 1. The molecule has 108 valence electrons. The number of carbonyl (C=O) groups is 1. The Bertz CT molecular complexity index is 669. The molecule has 1 amide bonds. The summed E-state index contributed by atoms with van der Waals surface area (Å²) in [6.45, 7) is 0. The summed E-state index contributed by atoms with van der Waals surface area (Å²) in [6, 6.07) is 11.1. The number of rotatable bonds is 4. The van der Waals surface area contributed by atoms with Crippen molar-refractivity contribution < 1.29 is 14.6 Å². The Labute approximate surface area is 126 Å². The number of aromatic hydroxyl groups is 1. The Kier molecular flexibility index (Phi) is 4.79. The third-order valence-corrected chi connectivity index (χ3v) is 2.95. The second-order valence-corrected chi connectivity index (χ2v) is 4.57. The number of phenolic OH excluding ortho intramolecular Hbond substituents is 1. The maximum absolute atomic E-state index is 11.8. The lowest BCUT2D eigenvalue weighted by Crippen LogP contribution is -2.17. The second-order valence-electron chi connectivity index (χ2n) is 4.13. The van der Waals surface area contributed by atoms with Crippen LogP contribution in [0.3, 0.4) is 0 Å². The van der Waals surface area contributed by atoms with Crippen LogP contribution >= 0.6 is 11.6 Å². The second kappa shape index (κ2) is 6.76. The standard InChI is InChI=1S/C15H13ClN2O3/c1-21-14-8-13(19)7-4-11(14)9-17-18-15(20)10-2-5-12(16)6-3-10/h2-9,19H,1H3,(H,18,20)/b17-9+. The first-order valence-corrected chi connectivity index (χ1v) is 6.44. The molecule has 0 aromatic heterocycles. The summed E-state index contributed by atoms with van der Waals surface area (Å²) in [5.74, 6) is 0.203. The van der Waals surface area contributed by atoms with Crippen LogP contribution in [-0.4, -0.2) is 24.3 Å². The van der Waals surface area contributed by atoms with Gasteiger partial charge in [0.05, 0.1) is 13.3 Å². The van der Waals surface area contributed by atoms with Gasteiger partial charge in [-0.3, -0.25) is 4.79 Å². The summed E-state index contributed by atoms with van der Waals surface area (Å²) in [5, 5.41) is 13.8. The molecule has 0 atom stereocenters. The number of amides is 1. The average molecular weight is 305 g/mol. The van der Waals surface area contributed by atoms with Crippen LogP contribution in [0.1, 0.15) is 15.9 Å². The Balaban J connectivity index is 2.05. The monoisotopic (exact) mass is 304 g/mol. The molecule has 0 aliphatic carbocycles. The van der Waals surface area contributed by atoms with E-state index < -0.39 is 0 Å². The predicted molar refractivity (Wildman–Crippen MR) is 81.2 cm³/mol. The van der Waals surface area contributed by atoms with E-state index in [0.717, 1.165) is 0 Å². The van der Waals surface area contributed by atoms with Crippen molar-refractivity contribution in [3.05, 3.63) is 58.6 Å². The first-order chi connectivity index (χ1) is 10.1. The summed E-state index contributed by atoms with van der Waals surface area (Å²) in [7, 11) is 1.48. The molecular weight excluding hydrogens is 292 g/mol. The Morgan fingerprint density at radius 1 is 1.29 bits per heavy atom. The number of hydrazone groups is 1. The molecule has 0 radical (unpaired) electrons. The first-order valence-electron chi connectivity index (χ1n) is 6.06. The number of ether oxygens (including phenoxy) is 1. The summed E-state index contributed by atoms with van der Waals surface area (Å²) in [6.07, 6.45) is 1.44. The van der Waals surface area contributed by atoms with E-state index in [1.807, 2.05) is 0 Å². The Morgan fingerprint density at radius 3 is 2.67 bits per heavy atom. The van der Waals surface area contributed by atoms with Gasteiger partial charge in [0.25, 0.3) is 5.91 Å². The zero-order valence-electron chi connectivity index (χ0n) is 11.2. The molecule has 0 bridgehead atoms. The predicted octanol–water partition coefficient (Wildman–Crippen LogP) is 2.82. The zero-order chi connectivity index (χ0) is 15.2. The van der Waals surface area contributed by atoms with E-state index in [-0.39, 0.29) is 11.7 Å². The molecule has 0 unspecified atom stereocenters. The van der Waals surface area contributed by atoms with Crippen LogP contribution in [-0.2, 0) is 0 Å². The summed E-state index contributed by atoms with van der Waals surface area (Å²) < 4.78 is 5.10. The maximum Gasteiger partial charge on any atom is 0.271 e. The van der Waals surface area contributed by atoms with Gasteiger partial charge in [-0.05, 0) is 36.4 Å². The van der Waals surface area contributed by atoms with Gasteiger partial charge in [0, 0.05) is 22.2 Å². The van der Waals surface area contributed by atoms with Gasteiger partial charge in [-0.2, -0.15) is 5.10 Å². The van der Waals surface area contributed by atoms with Gasteiger partial charge >= 0.3 is 0 Å². The molecule has 21 heavy (non-hydrogen) atoms. The van der Waals surface area contributed by atoms with Gasteiger partial charge in [0.1, 0.15) is 11.5 Å². The number of halogens is 1. The van der Waals surface area contributed by atoms with Gasteiger partial charge in [-0.15, -0.1) is 0 Å². The van der Waals surface area contributed by atoms with Gasteiger partial charge in [0.15, 0.2) is 0 Å². The molecule has 0 saturated heterocycles. The number of nitrogens with zero attached hydrogens (tertiary/aromatic N) is 1. The molecule has 2 aromatic rings. The molecule has 0 spiro atoms. The van der Waals surface area contributed by atoms with E-state index in [9.17, 15) is 9.90 Å². The van der Waals surface area contributed by atoms with Crippen molar-refractivity contribution in [3.63, 3.8) is 0 Å². The highest BCUT2D eigenvalue weighted by molar-refractivity contribution is 6.30. The Morgan fingerprint density at radius 2 is 2.00 bits per heavy atom. The van der Waals surface area contributed by atoms with Crippen molar-refractivity contribution in [1.82, 2.24) is 5.43 Å². The van der Waals surface area contributed by atoms with Gasteiger partial charge in [-0.25, -0.2) is 5.43 Å². The average Bonchev–Trinajstić information content (AvgIpc) is 2.49. The largest absolute Gasteiger partial charge is 0.508 e. The lowest BCUT2D eigenvalue weighted by Gasteiger charge is -2.04. The minimum atomic E-state index is -0.347. The fourth-order valence-electron chi connectivity index (χ4n) is 1.63. The highest BCUT2D eigenvalue weighted by Crippen LogP contribution is 2.22. The van der Waals surface area contributed by atoms with Crippen LogP contribution in [0, 0.1) is 0 Å². The van der Waals surface area contributed by atoms with E-state index in [1.54, 1.807) is 30.3 Å². The molecule has 2 aromatic carbocycles. The van der Waals surface area contributed by atoms with Crippen LogP contribution in [0.4, 0.5) is 0 Å². The topological polar surface area (TPSA) is 70.9 Å². The maximum atomic E-state index is 11.8. The minimum Gasteiger partial charge on any atom is -0.508 e. The third kappa shape index (κ3) is 3.97. The summed E-state index contributed by atoms with van der Waals surface area (Å²) >= 11 is 5.75. The van der Waals surface area contributed by atoms with Crippen LogP contribution in [0.2, 0.25) is 5.02 Å². The van der Waals surface area contributed by atoms with E-state index in [4.69, 9.17) is 16.3 Å². The number of benzene rings is 2. The van der Waals surface area contributed by atoms with Crippen LogP contribution in [0.15, 0.2) is 47.6 Å². The molecule has 0 heterocycles. The van der Waals surface area contributed by atoms with E-state index in [2.05, 4.69) is 10.5 Å². The Hall–Kier alpha value is -2.53. The zero-order valence-corrected chi connectivity index (χ0v) is 12.0. The van der Waals surface area contributed by atoms with Crippen molar-refractivity contribution >= 4 is 23.7 Å². The molecule has 5 nitrogen and oxygen atoms in total. The molecule has 2 N–H and O–H groups in total. The number of methoxy groups -OCH3 is 1. The number of hydrogen-bond acceptors (Lipinski definition) is 4. The molecule has 2 rings (SSSR count). The normalized spacial score (nSPS) is 10.6. The highest BCUT2D eigenvalue weighted by atomic mass is 35.5. The molecule has 0 saturated carbocycles. The van der Waals surface area contributed by atoms with Crippen LogP contribution in [0.25, 0.3) is 0 Å². The number of phenols is 1. The van der Waals surface area contributed by atoms with E-state index >= 15 is 0 Å². The minimum absolute atomic E-state index is 0.0919. The van der Waals surface area contributed by atoms with Crippen molar-refractivity contribution in [2.45, 2.75) is 0 Å². The molecular formula is C15H13ClN2O3. The van der Waals surface area contributed by atoms with E-state index in [1.165, 1.54) is 25.5 Å². The quantitative estimate of drug-likeness (QED) is 0.674. The fraction of sp³-hybridized carbons (Fsp3) is 0.0667.